The molecule has 0 aliphatic heterocycles. The van der Waals surface area contributed by atoms with E-state index >= 15 is 0 Å². The molecule has 5 heteroatoms. The molecule has 1 heterocycles. The van der Waals surface area contributed by atoms with Gasteiger partial charge in [0.15, 0.2) is 6.61 Å². The summed E-state index contributed by atoms with van der Waals surface area (Å²) in [5.74, 6) is -0.923. The van der Waals surface area contributed by atoms with Gasteiger partial charge in [-0.1, -0.05) is 35.9 Å². The topological polar surface area (TPSA) is 71.2 Å². The molecule has 122 valence electrons. The molecule has 0 spiro atoms. The van der Waals surface area contributed by atoms with E-state index in [0.29, 0.717) is 11.4 Å². The number of anilines is 1. The zero-order valence-corrected chi connectivity index (χ0v) is 13.6. The van der Waals surface area contributed by atoms with Crippen molar-refractivity contribution in [2.75, 3.05) is 11.9 Å². The summed E-state index contributed by atoms with van der Waals surface area (Å²) in [7, 11) is 0. The molecule has 3 aromatic rings. The molecule has 0 aliphatic carbocycles. The molecule has 0 fully saturated rings. The van der Waals surface area contributed by atoms with Crippen molar-refractivity contribution in [1.29, 1.82) is 0 Å². The van der Waals surface area contributed by atoms with Gasteiger partial charge in [0.25, 0.3) is 5.91 Å². The predicted molar refractivity (Wildman–Crippen MR) is 93.1 cm³/mol. The molecule has 3 rings (SSSR count). The normalized spacial score (nSPS) is 10.6. The van der Waals surface area contributed by atoms with Crippen LogP contribution in [-0.2, 0) is 9.53 Å². The Morgan fingerprint density at radius 2 is 1.88 bits per heavy atom. The van der Waals surface area contributed by atoms with Crippen molar-refractivity contribution < 1.29 is 14.3 Å². The Bertz CT molecular complexity index is 879. The maximum atomic E-state index is 12.0. The number of carbonyl (C=O) groups excluding carboxylic acids is 2. The summed E-state index contributed by atoms with van der Waals surface area (Å²) >= 11 is 0. The van der Waals surface area contributed by atoms with Crippen LogP contribution in [0.15, 0.2) is 48.5 Å². The van der Waals surface area contributed by atoms with Gasteiger partial charge in [-0.05, 0) is 37.6 Å². The number of benzene rings is 2. The molecule has 1 aromatic heterocycles. The Morgan fingerprint density at radius 3 is 2.62 bits per heavy atom. The molecule has 0 aliphatic rings. The van der Waals surface area contributed by atoms with Crippen LogP contribution in [0.5, 0.6) is 0 Å². The number of fused-ring (bicyclic) bond motifs is 1. The fraction of sp³-hybridized carbons (Fsp3) is 0.158. The van der Waals surface area contributed by atoms with Crippen LogP contribution in [0.2, 0.25) is 0 Å². The quantitative estimate of drug-likeness (QED) is 0.721. The van der Waals surface area contributed by atoms with Crippen molar-refractivity contribution >= 4 is 28.5 Å². The van der Waals surface area contributed by atoms with E-state index in [2.05, 4.69) is 10.3 Å². The summed E-state index contributed by atoms with van der Waals surface area (Å²) in [6.45, 7) is 3.57. The molecule has 0 atom stereocenters. The fourth-order valence-electron chi connectivity index (χ4n) is 2.53. The lowest BCUT2D eigenvalue weighted by Gasteiger charge is -2.09. The maximum absolute atomic E-state index is 12.0. The predicted octanol–water partition coefficient (Wildman–Crippen LogP) is 3.58. The SMILES string of the molecule is Cc1ccc(NC(=O)COC(=O)c2cc3ccccc3[nH]2)c(C)c1. The largest absolute Gasteiger partial charge is 0.451 e. The third kappa shape index (κ3) is 3.46. The Hall–Kier alpha value is -3.08. The van der Waals surface area contributed by atoms with Crippen molar-refractivity contribution in [2.45, 2.75) is 13.8 Å². The monoisotopic (exact) mass is 322 g/mol. The Kier molecular flexibility index (Phi) is 4.33. The first-order valence-corrected chi connectivity index (χ1v) is 7.65. The van der Waals surface area contributed by atoms with Crippen molar-refractivity contribution in [2.24, 2.45) is 0 Å². The van der Waals surface area contributed by atoms with Gasteiger partial charge in [-0.2, -0.15) is 0 Å². The molecule has 1 amide bonds. The molecule has 24 heavy (non-hydrogen) atoms. The lowest BCUT2D eigenvalue weighted by atomic mass is 10.1. The summed E-state index contributed by atoms with van der Waals surface area (Å²) in [6.07, 6.45) is 0. The molecule has 0 saturated carbocycles. The Morgan fingerprint density at radius 1 is 1.08 bits per heavy atom. The first-order chi connectivity index (χ1) is 11.5. The molecule has 0 radical (unpaired) electrons. The number of rotatable bonds is 4. The fourth-order valence-corrected chi connectivity index (χ4v) is 2.53. The molecular formula is C19H18N2O3. The third-order valence-electron chi connectivity index (χ3n) is 3.74. The van der Waals surface area contributed by atoms with Gasteiger partial charge < -0.3 is 15.0 Å². The van der Waals surface area contributed by atoms with E-state index in [0.717, 1.165) is 22.0 Å². The Labute approximate surface area is 139 Å². The van der Waals surface area contributed by atoms with E-state index in [4.69, 9.17) is 4.74 Å². The van der Waals surface area contributed by atoms with Gasteiger partial charge in [0.05, 0.1) is 0 Å². The van der Waals surface area contributed by atoms with Crippen LogP contribution in [0.3, 0.4) is 0 Å². The van der Waals surface area contributed by atoms with Gasteiger partial charge in [0.2, 0.25) is 0 Å². The van der Waals surface area contributed by atoms with E-state index in [9.17, 15) is 9.59 Å². The number of H-pyrrole nitrogens is 1. The summed E-state index contributed by atoms with van der Waals surface area (Å²) in [5.41, 5.74) is 3.98. The van der Waals surface area contributed by atoms with Crippen LogP contribution < -0.4 is 5.32 Å². The summed E-state index contributed by atoms with van der Waals surface area (Å²) in [6, 6.07) is 15.0. The number of aromatic nitrogens is 1. The maximum Gasteiger partial charge on any atom is 0.355 e. The molecule has 0 saturated heterocycles. The van der Waals surface area contributed by atoms with E-state index in [1.54, 1.807) is 6.07 Å². The van der Waals surface area contributed by atoms with E-state index in [1.807, 2.05) is 56.3 Å². The number of ether oxygens (including phenoxy) is 1. The first-order valence-electron chi connectivity index (χ1n) is 7.65. The van der Waals surface area contributed by atoms with E-state index < -0.39 is 5.97 Å². The number of para-hydroxylation sites is 1. The summed E-state index contributed by atoms with van der Waals surface area (Å²) < 4.78 is 5.07. The number of hydrogen-bond donors (Lipinski definition) is 2. The van der Waals surface area contributed by atoms with Gasteiger partial charge in [0, 0.05) is 16.6 Å². The van der Waals surface area contributed by atoms with Gasteiger partial charge in [-0.25, -0.2) is 4.79 Å². The van der Waals surface area contributed by atoms with Crippen LogP contribution in [0.25, 0.3) is 10.9 Å². The summed E-state index contributed by atoms with van der Waals surface area (Å²) in [5, 5.41) is 3.67. The van der Waals surface area contributed by atoms with Gasteiger partial charge in [-0.15, -0.1) is 0 Å². The highest BCUT2D eigenvalue weighted by Crippen LogP contribution is 2.17. The van der Waals surface area contributed by atoms with E-state index in [-0.39, 0.29) is 12.5 Å². The number of aryl methyl sites for hydroxylation is 2. The van der Waals surface area contributed by atoms with Crippen LogP contribution >= 0.6 is 0 Å². The minimum absolute atomic E-state index is 0.329. The average molecular weight is 322 g/mol. The van der Waals surface area contributed by atoms with Gasteiger partial charge in [0.1, 0.15) is 5.69 Å². The average Bonchev–Trinajstić information content (AvgIpc) is 2.99. The van der Waals surface area contributed by atoms with Crippen molar-refractivity contribution in [3.8, 4) is 0 Å². The second kappa shape index (κ2) is 6.58. The lowest BCUT2D eigenvalue weighted by Crippen LogP contribution is -2.21. The van der Waals surface area contributed by atoms with Crippen molar-refractivity contribution in [1.82, 2.24) is 4.98 Å². The van der Waals surface area contributed by atoms with E-state index in [1.165, 1.54) is 0 Å². The van der Waals surface area contributed by atoms with Crippen LogP contribution in [0, 0.1) is 13.8 Å². The highest BCUT2D eigenvalue weighted by molar-refractivity contribution is 5.97. The minimum atomic E-state index is -0.554. The van der Waals surface area contributed by atoms with Crippen LogP contribution in [0.1, 0.15) is 21.6 Å². The summed E-state index contributed by atoms with van der Waals surface area (Å²) in [4.78, 5) is 27.0. The number of aromatic amines is 1. The molecule has 5 nitrogen and oxygen atoms in total. The highest BCUT2D eigenvalue weighted by Gasteiger charge is 2.13. The number of amides is 1. The van der Waals surface area contributed by atoms with Gasteiger partial charge in [-0.3, -0.25) is 4.79 Å². The van der Waals surface area contributed by atoms with Crippen LogP contribution in [0.4, 0.5) is 5.69 Å². The third-order valence-corrected chi connectivity index (χ3v) is 3.74. The molecule has 2 aromatic carbocycles. The Balaban J connectivity index is 1.60. The lowest BCUT2D eigenvalue weighted by molar-refractivity contribution is -0.119. The number of carbonyl (C=O) groups is 2. The van der Waals surface area contributed by atoms with Crippen LogP contribution in [-0.4, -0.2) is 23.5 Å². The highest BCUT2D eigenvalue weighted by atomic mass is 16.5. The second-order valence-corrected chi connectivity index (χ2v) is 5.71. The number of esters is 1. The number of nitrogens with one attached hydrogen (secondary N) is 2. The first kappa shape index (κ1) is 15.8. The minimum Gasteiger partial charge on any atom is -0.451 e. The molecule has 0 unspecified atom stereocenters. The number of hydrogen-bond acceptors (Lipinski definition) is 3. The standard InChI is InChI=1S/C19H18N2O3/c1-12-7-8-15(13(2)9-12)21-18(22)11-24-19(23)17-10-14-5-3-4-6-16(14)20-17/h3-10,20H,11H2,1-2H3,(H,21,22). The molecule has 0 bridgehead atoms. The van der Waals surface area contributed by atoms with Gasteiger partial charge >= 0.3 is 5.97 Å². The zero-order valence-electron chi connectivity index (χ0n) is 13.6. The zero-order chi connectivity index (χ0) is 17.1. The van der Waals surface area contributed by atoms with Crippen molar-refractivity contribution in [3.05, 3.63) is 65.4 Å². The second-order valence-electron chi connectivity index (χ2n) is 5.71. The molecular weight excluding hydrogens is 304 g/mol. The smallest absolute Gasteiger partial charge is 0.355 e. The molecule has 2 N–H and O–H groups in total. The van der Waals surface area contributed by atoms with Crippen molar-refractivity contribution in [3.63, 3.8) is 0 Å².